The fourth-order valence-electron chi connectivity index (χ4n) is 1.50. The van der Waals surface area contributed by atoms with E-state index in [0.29, 0.717) is 5.69 Å². The van der Waals surface area contributed by atoms with Crippen molar-refractivity contribution in [2.24, 2.45) is 0 Å². The van der Waals surface area contributed by atoms with Crippen LogP contribution in [0, 0.1) is 13.8 Å². The zero-order chi connectivity index (χ0) is 14.6. The molecular formula is C11H15BrN2O4S. The molecule has 0 heterocycles. The predicted octanol–water partition coefficient (Wildman–Crippen LogP) is 2.47. The Balaban J connectivity index is 2.93. The molecule has 0 aromatic heterocycles. The summed E-state index contributed by atoms with van der Waals surface area (Å²) in [5.74, 6) is 0. The topological polar surface area (TPSA) is 84.5 Å². The van der Waals surface area contributed by atoms with Crippen LogP contribution in [0.15, 0.2) is 16.6 Å². The van der Waals surface area contributed by atoms with Gasteiger partial charge in [-0.1, -0.05) is 15.9 Å². The fourth-order valence-corrected chi connectivity index (χ4v) is 3.11. The lowest BCUT2D eigenvalue weighted by atomic mass is 10.1. The Bertz CT molecular complexity index is 563. The molecule has 0 aliphatic rings. The van der Waals surface area contributed by atoms with E-state index in [-0.39, 0.29) is 6.61 Å². The second-order valence-electron chi connectivity index (χ2n) is 3.84. The SMILES string of the molecule is CCOC(=O)NS(=O)(=O)Nc1c(C)cc(Br)cc1C. The molecule has 0 saturated carbocycles. The second-order valence-corrected chi connectivity index (χ2v) is 6.17. The second kappa shape index (κ2) is 6.25. The number of amides is 1. The fraction of sp³-hybridized carbons (Fsp3) is 0.364. The van der Waals surface area contributed by atoms with Crippen molar-refractivity contribution >= 4 is 37.9 Å². The number of carbonyl (C=O) groups is 1. The normalized spacial score (nSPS) is 10.9. The standard InChI is InChI=1S/C11H15BrN2O4S/c1-4-18-11(15)14-19(16,17)13-10-7(2)5-9(12)6-8(10)3/h5-6,13H,4H2,1-3H3,(H,14,15). The molecule has 2 N–H and O–H groups in total. The molecule has 1 aromatic carbocycles. The van der Waals surface area contributed by atoms with Gasteiger partial charge in [0, 0.05) is 4.47 Å². The van der Waals surface area contributed by atoms with Gasteiger partial charge in [-0.05, 0) is 44.0 Å². The maximum Gasteiger partial charge on any atom is 0.422 e. The average Bonchev–Trinajstić information content (AvgIpc) is 2.23. The summed E-state index contributed by atoms with van der Waals surface area (Å²) >= 11 is 3.32. The van der Waals surface area contributed by atoms with Gasteiger partial charge >= 0.3 is 16.3 Å². The minimum Gasteiger partial charge on any atom is -0.449 e. The van der Waals surface area contributed by atoms with Gasteiger partial charge in [-0.2, -0.15) is 8.42 Å². The highest BCUT2D eigenvalue weighted by molar-refractivity contribution is 9.10. The van der Waals surface area contributed by atoms with Crippen molar-refractivity contribution in [1.82, 2.24) is 4.72 Å². The van der Waals surface area contributed by atoms with E-state index in [9.17, 15) is 13.2 Å². The van der Waals surface area contributed by atoms with Gasteiger partial charge in [-0.25, -0.2) is 9.52 Å². The van der Waals surface area contributed by atoms with Gasteiger partial charge in [0.05, 0.1) is 12.3 Å². The van der Waals surface area contributed by atoms with E-state index in [4.69, 9.17) is 0 Å². The third-order valence-corrected chi connectivity index (χ3v) is 3.59. The Morgan fingerprint density at radius 3 is 2.32 bits per heavy atom. The smallest absolute Gasteiger partial charge is 0.422 e. The molecule has 0 radical (unpaired) electrons. The number of benzene rings is 1. The highest BCUT2D eigenvalue weighted by atomic mass is 79.9. The number of carbonyl (C=O) groups excluding carboxylic acids is 1. The highest BCUT2D eigenvalue weighted by Crippen LogP contribution is 2.25. The van der Waals surface area contributed by atoms with Crippen LogP contribution in [-0.2, 0) is 14.9 Å². The van der Waals surface area contributed by atoms with Crippen molar-refractivity contribution < 1.29 is 17.9 Å². The largest absolute Gasteiger partial charge is 0.449 e. The molecule has 1 amide bonds. The van der Waals surface area contributed by atoms with E-state index in [1.54, 1.807) is 37.6 Å². The van der Waals surface area contributed by atoms with Crippen molar-refractivity contribution in [3.8, 4) is 0 Å². The Kier molecular flexibility index (Phi) is 5.19. The Labute approximate surface area is 120 Å². The first-order valence-corrected chi connectivity index (χ1v) is 7.77. The van der Waals surface area contributed by atoms with Crippen molar-refractivity contribution in [3.05, 3.63) is 27.7 Å². The van der Waals surface area contributed by atoms with Gasteiger partial charge in [0.25, 0.3) is 0 Å². The number of nitrogens with one attached hydrogen (secondary N) is 2. The van der Waals surface area contributed by atoms with Gasteiger partial charge in [0.2, 0.25) is 0 Å². The Hall–Kier alpha value is -1.28. The minimum absolute atomic E-state index is 0.0949. The van der Waals surface area contributed by atoms with Crippen LogP contribution >= 0.6 is 15.9 Å². The Morgan fingerprint density at radius 1 is 1.32 bits per heavy atom. The molecule has 1 rings (SSSR count). The van der Waals surface area contributed by atoms with Crippen molar-refractivity contribution in [1.29, 1.82) is 0 Å². The van der Waals surface area contributed by atoms with Crippen LogP contribution in [0.2, 0.25) is 0 Å². The lowest BCUT2D eigenvalue weighted by Gasteiger charge is -2.14. The summed E-state index contributed by atoms with van der Waals surface area (Å²) in [5, 5.41) is 0. The molecular weight excluding hydrogens is 336 g/mol. The summed E-state index contributed by atoms with van der Waals surface area (Å²) in [6.07, 6.45) is -1.01. The van der Waals surface area contributed by atoms with Crippen molar-refractivity contribution in [2.75, 3.05) is 11.3 Å². The third-order valence-electron chi connectivity index (χ3n) is 2.23. The number of hydrogen-bond acceptors (Lipinski definition) is 4. The lowest BCUT2D eigenvalue weighted by Crippen LogP contribution is -2.36. The number of aryl methyl sites for hydroxylation is 2. The van der Waals surface area contributed by atoms with Crippen LogP contribution in [0.4, 0.5) is 10.5 Å². The minimum atomic E-state index is -4.00. The summed E-state index contributed by atoms with van der Waals surface area (Å²) in [5.41, 5.74) is 1.90. The van der Waals surface area contributed by atoms with Gasteiger partial charge < -0.3 is 4.74 Å². The molecule has 0 aliphatic heterocycles. The molecule has 8 heteroatoms. The highest BCUT2D eigenvalue weighted by Gasteiger charge is 2.17. The van der Waals surface area contributed by atoms with Crippen LogP contribution in [0.3, 0.4) is 0 Å². The zero-order valence-corrected chi connectivity index (χ0v) is 13.2. The predicted molar refractivity (Wildman–Crippen MR) is 76.3 cm³/mol. The summed E-state index contributed by atoms with van der Waals surface area (Å²) in [6, 6.07) is 3.55. The summed E-state index contributed by atoms with van der Waals surface area (Å²) < 4.78 is 32.9. The number of halogens is 1. The summed E-state index contributed by atoms with van der Waals surface area (Å²) in [4.78, 5) is 11.1. The van der Waals surface area contributed by atoms with E-state index in [1.807, 2.05) is 0 Å². The first-order chi connectivity index (χ1) is 8.75. The maximum absolute atomic E-state index is 11.7. The summed E-state index contributed by atoms with van der Waals surface area (Å²) in [6.45, 7) is 5.21. The van der Waals surface area contributed by atoms with Crippen LogP contribution in [0.25, 0.3) is 0 Å². The van der Waals surface area contributed by atoms with Gasteiger partial charge in [-0.15, -0.1) is 0 Å². The lowest BCUT2D eigenvalue weighted by molar-refractivity contribution is 0.159. The molecule has 0 atom stereocenters. The van der Waals surface area contributed by atoms with E-state index in [0.717, 1.165) is 15.6 Å². The van der Waals surface area contributed by atoms with E-state index < -0.39 is 16.3 Å². The zero-order valence-electron chi connectivity index (χ0n) is 10.8. The molecule has 0 aliphatic carbocycles. The number of hydrogen-bond donors (Lipinski definition) is 2. The summed E-state index contributed by atoms with van der Waals surface area (Å²) in [7, 11) is -4.00. The molecule has 0 unspecified atom stereocenters. The first-order valence-electron chi connectivity index (χ1n) is 5.49. The van der Waals surface area contributed by atoms with E-state index >= 15 is 0 Å². The molecule has 1 aromatic rings. The van der Waals surface area contributed by atoms with Gasteiger partial charge in [0.15, 0.2) is 0 Å². The number of anilines is 1. The number of rotatable bonds is 4. The monoisotopic (exact) mass is 350 g/mol. The van der Waals surface area contributed by atoms with Crippen LogP contribution < -0.4 is 9.44 Å². The molecule has 0 bridgehead atoms. The molecule has 106 valence electrons. The van der Waals surface area contributed by atoms with Crippen LogP contribution in [0.5, 0.6) is 0 Å². The van der Waals surface area contributed by atoms with Crippen LogP contribution in [-0.4, -0.2) is 21.1 Å². The van der Waals surface area contributed by atoms with Crippen LogP contribution in [0.1, 0.15) is 18.1 Å². The van der Waals surface area contributed by atoms with Crippen molar-refractivity contribution in [3.63, 3.8) is 0 Å². The molecule has 0 spiro atoms. The molecule has 19 heavy (non-hydrogen) atoms. The van der Waals surface area contributed by atoms with Gasteiger partial charge in [-0.3, -0.25) is 4.72 Å². The Morgan fingerprint density at radius 2 is 1.84 bits per heavy atom. The molecule has 0 saturated heterocycles. The maximum atomic E-state index is 11.7. The first kappa shape index (κ1) is 15.8. The molecule has 0 fully saturated rings. The van der Waals surface area contributed by atoms with Crippen molar-refractivity contribution in [2.45, 2.75) is 20.8 Å². The quantitative estimate of drug-likeness (QED) is 0.873. The third kappa shape index (κ3) is 4.71. The van der Waals surface area contributed by atoms with Gasteiger partial charge in [0.1, 0.15) is 0 Å². The number of ether oxygens (including phenoxy) is 1. The molecule has 6 nitrogen and oxygen atoms in total. The van der Waals surface area contributed by atoms with E-state index in [2.05, 4.69) is 25.4 Å². The average molecular weight is 351 g/mol. The van der Waals surface area contributed by atoms with E-state index in [1.165, 1.54) is 0 Å².